The molecule has 0 radical (unpaired) electrons. The molecule has 1 heterocycles. The van der Waals surface area contributed by atoms with Crippen molar-refractivity contribution in [3.05, 3.63) is 30.3 Å². The summed E-state index contributed by atoms with van der Waals surface area (Å²) in [5.74, 6) is -0.0639. The Bertz CT molecular complexity index is 541. The smallest absolute Gasteiger partial charge is 0.183 e. The van der Waals surface area contributed by atoms with E-state index in [0.29, 0.717) is 17.2 Å². The molecule has 0 saturated carbocycles. The summed E-state index contributed by atoms with van der Waals surface area (Å²) in [4.78, 5) is 4.44. The van der Waals surface area contributed by atoms with Crippen LogP contribution in [-0.4, -0.2) is 38.0 Å². The van der Waals surface area contributed by atoms with Crippen LogP contribution in [0.25, 0.3) is 0 Å². The van der Waals surface area contributed by atoms with Gasteiger partial charge in [-0.2, -0.15) is 0 Å². The predicted octanol–water partition coefficient (Wildman–Crippen LogP) is 1.65. The fourth-order valence-electron chi connectivity index (χ4n) is 1.53. The number of alkyl halides is 1. The lowest BCUT2D eigenvalue weighted by Gasteiger charge is -2.06. The first kappa shape index (κ1) is 12.7. The summed E-state index contributed by atoms with van der Waals surface area (Å²) >= 11 is 3.35. The van der Waals surface area contributed by atoms with Crippen LogP contribution in [0.2, 0.25) is 0 Å². The fraction of sp³-hybridized carbons (Fsp3) is 0.364. The molecule has 0 aliphatic carbocycles. The SMILES string of the molecule is COCC1(Br)N=C1CS(=O)(=O)c1ccccc1. The van der Waals surface area contributed by atoms with Gasteiger partial charge in [-0.05, 0) is 12.1 Å². The Hall–Kier alpha value is -0.720. The molecule has 6 heteroatoms. The Labute approximate surface area is 109 Å². The lowest BCUT2D eigenvalue weighted by atomic mass is 10.3. The number of nitrogens with zero attached hydrogens (tertiary/aromatic N) is 1. The molecular weight excluding hydrogens is 306 g/mol. The summed E-state index contributed by atoms with van der Waals surface area (Å²) < 4.78 is 28.4. The van der Waals surface area contributed by atoms with Gasteiger partial charge in [-0.1, -0.05) is 34.1 Å². The average Bonchev–Trinajstić information content (AvgIpc) is 2.89. The number of sulfone groups is 1. The highest BCUT2D eigenvalue weighted by Crippen LogP contribution is 2.36. The van der Waals surface area contributed by atoms with E-state index in [1.54, 1.807) is 37.4 Å². The monoisotopic (exact) mass is 317 g/mol. The van der Waals surface area contributed by atoms with Crippen LogP contribution in [0.1, 0.15) is 0 Å². The molecule has 4 nitrogen and oxygen atoms in total. The number of ether oxygens (including phenoxy) is 1. The number of benzene rings is 1. The van der Waals surface area contributed by atoms with Crippen molar-refractivity contribution in [1.82, 2.24) is 0 Å². The number of hydrogen-bond donors (Lipinski definition) is 0. The molecule has 0 spiro atoms. The number of rotatable bonds is 5. The molecule has 1 aliphatic rings. The first-order chi connectivity index (χ1) is 7.98. The molecule has 17 heavy (non-hydrogen) atoms. The fourth-order valence-corrected chi connectivity index (χ4v) is 3.70. The van der Waals surface area contributed by atoms with Gasteiger partial charge in [0, 0.05) is 7.11 Å². The van der Waals surface area contributed by atoms with Gasteiger partial charge in [0.1, 0.15) is 0 Å². The van der Waals surface area contributed by atoms with E-state index < -0.39 is 14.3 Å². The van der Waals surface area contributed by atoms with Gasteiger partial charge >= 0.3 is 0 Å². The first-order valence-electron chi connectivity index (χ1n) is 5.03. The Morgan fingerprint density at radius 3 is 2.59 bits per heavy atom. The molecule has 92 valence electrons. The molecule has 1 aromatic rings. The van der Waals surface area contributed by atoms with Gasteiger partial charge in [-0.15, -0.1) is 0 Å². The third kappa shape index (κ3) is 2.75. The molecule has 0 saturated heterocycles. The highest BCUT2D eigenvalue weighted by atomic mass is 79.9. The van der Waals surface area contributed by atoms with E-state index in [2.05, 4.69) is 20.9 Å². The van der Waals surface area contributed by atoms with Crippen LogP contribution < -0.4 is 0 Å². The van der Waals surface area contributed by atoms with Crippen LogP contribution in [-0.2, 0) is 14.6 Å². The summed E-state index contributed by atoms with van der Waals surface area (Å²) in [6.07, 6.45) is 0. The quantitative estimate of drug-likeness (QED) is 0.613. The Kier molecular flexibility index (Phi) is 3.38. The zero-order valence-electron chi connectivity index (χ0n) is 9.26. The van der Waals surface area contributed by atoms with Crippen molar-refractivity contribution in [1.29, 1.82) is 0 Å². The molecule has 1 unspecified atom stereocenters. The maximum atomic E-state index is 12.0. The third-order valence-corrected chi connectivity index (χ3v) is 4.98. The summed E-state index contributed by atoms with van der Waals surface area (Å²) in [6.45, 7) is 0.354. The van der Waals surface area contributed by atoms with E-state index in [0.717, 1.165) is 0 Å². The van der Waals surface area contributed by atoms with Crippen molar-refractivity contribution in [2.24, 2.45) is 4.99 Å². The minimum Gasteiger partial charge on any atom is -0.381 e. The number of halogens is 1. The minimum atomic E-state index is -3.30. The van der Waals surface area contributed by atoms with Gasteiger partial charge in [0.2, 0.25) is 0 Å². The van der Waals surface area contributed by atoms with Gasteiger partial charge in [0.15, 0.2) is 14.3 Å². The van der Waals surface area contributed by atoms with E-state index in [9.17, 15) is 8.42 Å². The highest BCUT2D eigenvalue weighted by Gasteiger charge is 2.46. The molecular formula is C11H12BrNO3S. The Morgan fingerprint density at radius 1 is 1.35 bits per heavy atom. The average molecular weight is 318 g/mol. The first-order valence-corrected chi connectivity index (χ1v) is 7.47. The van der Waals surface area contributed by atoms with Crippen molar-refractivity contribution < 1.29 is 13.2 Å². The molecule has 0 amide bonds. The molecule has 1 atom stereocenters. The van der Waals surface area contributed by atoms with Crippen molar-refractivity contribution in [2.75, 3.05) is 19.5 Å². The van der Waals surface area contributed by atoms with Crippen molar-refractivity contribution >= 4 is 31.5 Å². The minimum absolute atomic E-state index is 0.0639. The second-order valence-electron chi connectivity index (χ2n) is 3.82. The summed E-state index contributed by atoms with van der Waals surface area (Å²) in [7, 11) is -1.75. The maximum Gasteiger partial charge on any atom is 0.183 e. The lowest BCUT2D eigenvalue weighted by molar-refractivity contribution is 0.198. The Morgan fingerprint density at radius 2 is 2.00 bits per heavy atom. The molecule has 2 rings (SSSR count). The van der Waals surface area contributed by atoms with Crippen molar-refractivity contribution in [3.63, 3.8) is 0 Å². The number of hydrogen-bond acceptors (Lipinski definition) is 4. The summed E-state index contributed by atoms with van der Waals surface area (Å²) in [5.41, 5.74) is 0.614. The summed E-state index contributed by atoms with van der Waals surface area (Å²) in [6, 6.07) is 8.37. The lowest BCUT2D eigenvalue weighted by Crippen LogP contribution is -2.23. The van der Waals surface area contributed by atoms with Crippen LogP contribution in [0, 0.1) is 0 Å². The van der Waals surface area contributed by atoms with E-state index in [1.165, 1.54) is 0 Å². The van der Waals surface area contributed by atoms with Gasteiger partial charge in [0.25, 0.3) is 0 Å². The van der Waals surface area contributed by atoms with Crippen LogP contribution in [0.3, 0.4) is 0 Å². The Balaban J connectivity index is 2.09. The van der Waals surface area contributed by atoms with Crippen LogP contribution in [0.4, 0.5) is 0 Å². The number of methoxy groups -OCH3 is 1. The maximum absolute atomic E-state index is 12.0. The van der Waals surface area contributed by atoms with E-state index in [1.807, 2.05) is 0 Å². The molecule has 0 aromatic heterocycles. The van der Waals surface area contributed by atoms with Gasteiger partial charge < -0.3 is 4.74 Å². The number of aliphatic imine (C=N–C) groups is 1. The van der Waals surface area contributed by atoms with E-state index >= 15 is 0 Å². The molecule has 0 fully saturated rings. The standard InChI is InChI=1S/C11H12BrNO3S/c1-16-8-11(12)10(13-11)7-17(14,15)9-5-3-2-4-6-9/h2-6H,7-8H2,1H3. The van der Waals surface area contributed by atoms with Crippen LogP contribution >= 0.6 is 15.9 Å². The molecule has 1 aromatic carbocycles. The van der Waals surface area contributed by atoms with Crippen molar-refractivity contribution in [3.8, 4) is 0 Å². The van der Waals surface area contributed by atoms with Crippen molar-refractivity contribution in [2.45, 2.75) is 9.34 Å². The van der Waals surface area contributed by atoms with Crippen LogP contribution in [0.5, 0.6) is 0 Å². The zero-order chi connectivity index (χ0) is 12.5. The highest BCUT2D eigenvalue weighted by molar-refractivity contribution is 9.10. The molecule has 1 aliphatic heterocycles. The second-order valence-corrected chi connectivity index (χ2v) is 7.12. The topological polar surface area (TPSA) is 55.7 Å². The largest absolute Gasteiger partial charge is 0.381 e. The van der Waals surface area contributed by atoms with Gasteiger partial charge in [-0.3, -0.25) is 4.99 Å². The van der Waals surface area contributed by atoms with Gasteiger partial charge in [-0.25, -0.2) is 8.42 Å². The predicted molar refractivity (Wildman–Crippen MR) is 69.5 cm³/mol. The second kappa shape index (κ2) is 4.51. The molecule has 0 bridgehead atoms. The van der Waals surface area contributed by atoms with E-state index in [4.69, 9.17) is 4.74 Å². The van der Waals surface area contributed by atoms with Crippen LogP contribution in [0.15, 0.2) is 40.2 Å². The molecule has 0 N–H and O–H groups in total. The zero-order valence-corrected chi connectivity index (χ0v) is 11.7. The van der Waals surface area contributed by atoms with E-state index in [-0.39, 0.29) is 5.75 Å². The summed E-state index contributed by atoms with van der Waals surface area (Å²) in [5, 5.41) is 0. The van der Waals surface area contributed by atoms with Gasteiger partial charge in [0.05, 0.1) is 23.0 Å². The third-order valence-electron chi connectivity index (χ3n) is 2.47. The normalized spacial score (nSPS) is 23.3.